The molecule has 1 aliphatic rings. The minimum absolute atomic E-state index is 0.0399. The molecule has 2 unspecified atom stereocenters. The molecule has 0 aliphatic carbocycles. The van der Waals surface area contributed by atoms with Crippen molar-refractivity contribution >= 4 is 6.09 Å². The topological polar surface area (TPSA) is 52.6 Å². The van der Waals surface area contributed by atoms with Crippen LogP contribution in [0, 0.1) is 0 Å². The van der Waals surface area contributed by atoms with Crippen molar-refractivity contribution in [3.8, 4) is 0 Å². The zero-order valence-corrected chi connectivity index (χ0v) is 10.1. The Hall–Kier alpha value is -1.62. The molecule has 1 heterocycles. The number of rotatable bonds is 3. The van der Waals surface area contributed by atoms with Gasteiger partial charge in [0, 0.05) is 19.1 Å². The third-order valence-electron chi connectivity index (χ3n) is 3.22. The van der Waals surface area contributed by atoms with Gasteiger partial charge in [0.2, 0.25) is 0 Å². The van der Waals surface area contributed by atoms with Crippen LogP contribution in [-0.2, 0) is 6.54 Å². The third kappa shape index (κ3) is 3.20. The minimum atomic E-state index is -1.14. The SMILES string of the molecule is O=C(O)N1CCC(NCc2ccccc2)C(F)C1. The monoisotopic (exact) mass is 252 g/mol. The quantitative estimate of drug-likeness (QED) is 0.863. The minimum Gasteiger partial charge on any atom is -0.465 e. The number of nitrogens with zero attached hydrogens (tertiary/aromatic N) is 1. The summed E-state index contributed by atoms with van der Waals surface area (Å²) in [7, 11) is 0. The summed E-state index contributed by atoms with van der Waals surface area (Å²) in [6.45, 7) is 0.961. The Balaban J connectivity index is 1.83. The summed E-state index contributed by atoms with van der Waals surface area (Å²) in [4.78, 5) is 11.9. The molecule has 1 amide bonds. The maximum Gasteiger partial charge on any atom is 0.407 e. The molecule has 98 valence electrons. The lowest BCUT2D eigenvalue weighted by Crippen LogP contribution is -2.51. The second-order valence-corrected chi connectivity index (χ2v) is 4.51. The highest BCUT2D eigenvalue weighted by Gasteiger charge is 2.30. The van der Waals surface area contributed by atoms with Crippen LogP contribution in [0.25, 0.3) is 0 Å². The van der Waals surface area contributed by atoms with Crippen LogP contribution in [-0.4, -0.2) is 41.4 Å². The van der Waals surface area contributed by atoms with Crippen LogP contribution in [0.4, 0.5) is 9.18 Å². The Labute approximate surface area is 105 Å². The molecule has 0 spiro atoms. The Morgan fingerprint density at radius 1 is 1.44 bits per heavy atom. The van der Waals surface area contributed by atoms with Crippen molar-refractivity contribution in [3.63, 3.8) is 0 Å². The van der Waals surface area contributed by atoms with E-state index >= 15 is 0 Å². The molecule has 0 bridgehead atoms. The van der Waals surface area contributed by atoms with Gasteiger partial charge in [0.15, 0.2) is 0 Å². The van der Waals surface area contributed by atoms with Crippen LogP contribution in [0.5, 0.6) is 0 Å². The first-order valence-electron chi connectivity index (χ1n) is 6.06. The Morgan fingerprint density at radius 3 is 2.78 bits per heavy atom. The predicted octanol–water partition coefficient (Wildman–Crippen LogP) is 1.87. The van der Waals surface area contributed by atoms with Gasteiger partial charge in [-0.2, -0.15) is 0 Å². The molecule has 1 saturated heterocycles. The van der Waals surface area contributed by atoms with E-state index in [0.717, 1.165) is 10.5 Å². The number of piperidine rings is 1. The Kier molecular flexibility index (Phi) is 4.15. The molecule has 2 rings (SSSR count). The number of likely N-dealkylation sites (tertiary alicyclic amines) is 1. The van der Waals surface area contributed by atoms with Gasteiger partial charge in [-0.15, -0.1) is 0 Å². The molecule has 0 radical (unpaired) electrons. The zero-order chi connectivity index (χ0) is 13.0. The van der Waals surface area contributed by atoms with E-state index < -0.39 is 12.3 Å². The van der Waals surface area contributed by atoms with Crippen LogP contribution in [0.2, 0.25) is 0 Å². The number of benzene rings is 1. The zero-order valence-electron chi connectivity index (χ0n) is 10.1. The van der Waals surface area contributed by atoms with Crippen LogP contribution >= 0.6 is 0 Å². The fourth-order valence-corrected chi connectivity index (χ4v) is 2.15. The summed E-state index contributed by atoms with van der Waals surface area (Å²) in [5.74, 6) is 0. The molecule has 2 atom stereocenters. The van der Waals surface area contributed by atoms with E-state index in [4.69, 9.17) is 5.11 Å². The van der Waals surface area contributed by atoms with E-state index in [-0.39, 0.29) is 12.6 Å². The van der Waals surface area contributed by atoms with Crippen molar-refractivity contribution in [1.82, 2.24) is 10.2 Å². The van der Waals surface area contributed by atoms with Crippen molar-refractivity contribution in [1.29, 1.82) is 0 Å². The largest absolute Gasteiger partial charge is 0.465 e. The van der Waals surface area contributed by atoms with E-state index in [2.05, 4.69) is 5.32 Å². The van der Waals surface area contributed by atoms with Crippen LogP contribution < -0.4 is 5.32 Å². The van der Waals surface area contributed by atoms with Crippen molar-refractivity contribution < 1.29 is 14.3 Å². The molecule has 0 saturated carbocycles. The lowest BCUT2D eigenvalue weighted by Gasteiger charge is -2.33. The second-order valence-electron chi connectivity index (χ2n) is 4.51. The van der Waals surface area contributed by atoms with Gasteiger partial charge in [-0.05, 0) is 12.0 Å². The van der Waals surface area contributed by atoms with E-state index in [1.54, 1.807) is 0 Å². The molecule has 2 N–H and O–H groups in total. The van der Waals surface area contributed by atoms with Crippen LogP contribution in [0.3, 0.4) is 0 Å². The Bertz CT molecular complexity index is 399. The highest BCUT2D eigenvalue weighted by molar-refractivity contribution is 5.65. The van der Waals surface area contributed by atoms with Gasteiger partial charge in [-0.25, -0.2) is 9.18 Å². The molecule has 0 aromatic heterocycles. The average molecular weight is 252 g/mol. The third-order valence-corrected chi connectivity index (χ3v) is 3.22. The normalized spacial score (nSPS) is 23.9. The number of nitrogens with one attached hydrogen (secondary N) is 1. The number of hydrogen-bond donors (Lipinski definition) is 2. The predicted molar refractivity (Wildman–Crippen MR) is 66.2 cm³/mol. The molecular weight excluding hydrogens is 235 g/mol. The van der Waals surface area contributed by atoms with Gasteiger partial charge in [0.1, 0.15) is 6.17 Å². The number of halogens is 1. The number of carboxylic acid groups (broad SMARTS) is 1. The first-order chi connectivity index (χ1) is 8.66. The molecule has 1 fully saturated rings. The fraction of sp³-hybridized carbons (Fsp3) is 0.462. The smallest absolute Gasteiger partial charge is 0.407 e. The highest BCUT2D eigenvalue weighted by atomic mass is 19.1. The summed E-state index contributed by atoms with van der Waals surface area (Å²) in [5.41, 5.74) is 1.10. The fourth-order valence-electron chi connectivity index (χ4n) is 2.15. The first kappa shape index (κ1) is 12.8. The lowest BCUT2D eigenvalue weighted by atomic mass is 10.0. The van der Waals surface area contributed by atoms with Crippen molar-refractivity contribution in [2.24, 2.45) is 0 Å². The lowest BCUT2D eigenvalue weighted by molar-refractivity contribution is 0.0881. The first-order valence-corrected chi connectivity index (χ1v) is 6.06. The summed E-state index contributed by atoms with van der Waals surface area (Å²) in [5, 5.41) is 11.9. The standard InChI is InChI=1S/C13H17FN2O2/c14-11-9-16(13(17)18)7-6-12(11)15-8-10-4-2-1-3-5-10/h1-5,11-12,15H,6-9H2,(H,17,18). The van der Waals surface area contributed by atoms with Crippen molar-refractivity contribution in [2.45, 2.75) is 25.2 Å². The van der Waals surface area contributed by atoms with E-state index in [1.807, 2.05) is 30.3 Å². The van der Waals surface area contributed by atoms with Crippen LogP contribution in [0.15, 0.2) is 30.3 Å². The summed E-state index contributed by atoms with van der Waals surface area (Å²) < 4.78 is 13.8. The van der Waals surface area contributed by atoms with Gasteiger partial charge < -0.3 is 15.3 Å². The van der Waals surface area contributed by atoms with Gasteiger partial charge in [-0.1, -0.05) is 30.3 Å². The molecule has 1 aromatic carbocycles. The number of amides is 1. The molecule has 1 aromatic rings. The summed E-state index contributed by atoms with van der Waals surface area (Å²) in [6, 6.07) is 9.51. The maximum absolute atomic E-state index is 13.8. The van der Waals surface area contributed by atoms with Gasteiger partial charge in [0.05, 0.1) is 6.54 Å². The summed E-state index contributed by atoms with van der Waals surface area (Å²) in [6.07, 6.45) is -1.67. The second kappa shape index (κ2) is 5.82. The van der Waals surface area contributed by atoms with Crippen molar-refractivity contribution in [3.05, 3.63) is 35.9 Å². The van der Waals surface area contributed by atoms with Crippen molar-refractivity contribution in [2.75, 3.05) is 13.1 Å². The number of carbonyl (C=O) groups is 1. The number of hydrogen-bond acceptors (Lipinski definition) is 2. The molecule has 5 heteroatoms. The average Bonchev–Trinajstić information content (AvgIpc) is 2.38. The molecular formula is C13H17FN2O2. The van der Waals surface area contributed by atoms with Gasteiger partial charge >= 0.3 is 6.09 Å². The van der Waals surface area contributed by atoms with Gasteiger partial charge in [0.25, 0.3) is 0 Å². The van der Waals surface area contributed by atoms with E-state index in [0.29, 0.717) is 19.5 Å². The maximum atomic E-state index is 13.8. The number of alkyl halides is 1. The molecule has 18 heavy (non-hydrogen) atoms. The molecule has 4 nitrogen and oxygen atoms in total. The van der Waals surface area contributed by atoms with Crippen LogP contribution in [0.1, 0.15) is 12.0 Å². The molecule has 1 aliphatic heterocycles. The summed E-state index contributed by atoms with van der Waals surface area (Å²) >= 11 is 0. The van der Waals surface area contributed by atoms with E-state index in [1.165, 1.54) is 0 Å². The highest BCUT2D eigenvalue weighted by Crippen LogP contribution is 2.15. The van der Waals surface area contributed by atoms with E-state index in [9.17, 15) is 9.18 Å². The van der Waals surface area contributed by atoms with Gasteiger partial charge in [-0.3, -0.25) is 0 Å². The Morgan fingerprint density at radius 2 is 2.17 bits per heavy atom.